The van der Waals surface area contributed by atoms with E-state index in [0.717, 1.165) is 11.3 Å². The van der Waals surface area contributed by atoms with Gasteiger partial charge in [0.25, 0.3) is 17.4 Å². The van der Waals surface area contributed by atoms with Crippen LogP contribution in [0.2, 0.25) is 4.34 Å². The van der Waals surface area contributed by atoms with Crippen LogP contribution in [0.4, 0.5) is 0 Å². The summed E-state index contributed by atoms with van der Waals surface area (Å²) in [5.74, 6) is -2.01. The third-order valence-corrected chi connectivity index (χ3v) is 5.52. The number of benzene rings is 1. The number of carboxylic acid groups (broad SMARTS) is 1. The van der Waals surface area contributed by atoms with Gasteiger partial charge in [0.2, 0.25) is 0 Å². The van der Waals surface area contributed by atoms with Crippen molar-refractivity contribution in [3.63, 3.8) is 0 Å². The van der Waals surface area contributed by atoms with E-state index in [4.69, 9.17) is 16.7 Å². The van der Waals surface area contributed by atoms with Crippen LogP contribution >= 0.6 is 22.9 Å². The van der Waals surface area contributed by atoms with Gasteiger partial charge in [-0.25, -0.2) is 0 Å². The molecule has 0 aliphatic heterocycles. The number of hydrogen-bond donors (Lipinski definition) is 3. The number of thiophene rings is 1. The summed E-state index contributed by atoms with van der Waals surface area (Å²) in [6.45, 7) is -0.0735. The first-order valence-electron chi connectivity index (χ1n) is 9.18. The fourth-order valence-corrected chi connectivity index (χ4v) is 3.76. The zero-order valence-electron chi connectivity index (χ0n) is 16.1. The SMILES string of the molecule is O=C(O)CC(CNC(=O)c1ccc(-n2ccccc2=O)cc1)NC(=O)c1ccc(Cl)s1. The van der Waals surface area contributed by atoms with E-state index in [2.05, 4.69) is 10.6 Å². The predicted molar refractivity (Wildman–Crippen MR) is 117 cm³/mol. The number of hydrogen-bond acceptors (Lipinski definition) is 5. The standard InChI is InChI=1S/C21H18ClN3O5S/c22-17-9-8-16(31-17)21(30)24-14(11-19(27)28)12-23-20(29)13-4-6-15(7-5-13)25-10-2-1-3-18(25)26/h1-10,14H,11-12H2,(H,23,29)(H,24,30)(H,27,28). The second kappa shape index (κ2) is 10.1. The van der Waals surface area contributed by atoms with Gasteiger partial charge in [-0.2, -0.15) is 0 Å². The Morgan fingerprint density at radius 1 is 1.03 bits per heavy atom. The lowest BCUT2D eigenvalue weighted by molar-refractivity contribution is -0.137. The molecule has 0 spiro atoms. The molecule has 0 bridgehead atoms. The van der Waals surface area contributed by atoms with E-state index in [9.17, 15) is 19.2 Å². The average molecular weight is 460 g/mol. The second-order valence-corrected chi connectivity index (χ2v) is 8.25. The maximum atomic E-state index is 12.5. The molecule has 10 heteroatoms. The molecule has 1 aromatic carbocycles. The smallest absolute Gasteiger partial charge is 0.305 e. The molecule has 0 aliphatic rings. The Morgan fingerprint density at radius 2 is 1.77 bits per heavy atom. The molecule has 2 heterocycles. The number of pyridine rings is 1. The fourth-order valence-electron chi connectivity index (χ4n) is 2.81. The Kier molecular flexibility index (Phi) is 7.22. The number of carbonyl (C=O) groups is 3. The van der Waals surface area contributed by atoms with Gasteiger partial charge in [0, 0.05) is 30.1 Å². The number of aromatic nitrogens is 1. The molecule has 0 fully saturated rings. The highest BCUT2D eigenvalue weighted by molar-refractivity contribution is 7.18. The van der Waals surface area contributed by atoms with Crippen LogP contribution in [0.1, 0.15) is 26.5 Å². The normalized spacial score (nSPS) is 11.5. The molecule has 31 heavy (non-hydrogen) atoms. The van der Waals surface area contributed by atoms with Crippen LogP contribution in [0.5, 0.6) is 0 Å². The van der Waals surface area contributed by atoms with Crippen molar-refractivity contribution in [2.75, 3.05) is 6.54 Å². The fraction of sp³-hybridized carbons (Fsp3) is 0.143. The van der Waals surface area contributed by atoms with E-state index in [0.29, 0.717) is 20.5 Å². The van der Waals surface area contributed by atoms with Crippen LogP contribution < -0.4 is 16.2 Å². The number of halogens is 1. The monoisotopic (exact) mass is 459 g/mol. The van der Waals surface area contributed by atoms with Gasteiger partial charge in [0.15, 0.2) is 0 Å². The predicted octanol–water partition coefficient (Wildman–Crippen LogP) is 2.56. The summed E-state index contributed by atoms with van der Waals surface area (Å²) in [4.78, 5) is 48.1. The molecule has 0 saturated carbocycles. The molecular formula is C21H18ClN3O5S. The summed E-state index contributed by atoms with van der Waals surface area (Å²) in [5.41, 5.74) is 0.741. The first kappa shape index (κ1) is 22.3. The zero-order valence-corrected chi connectivity index (χ0v) is 17.7. The highest BCUT2D eigenvalue weighted by atomic mass is 35.5. The molecule has 160 valence electrons. The summed E-state index contributed by atoms with van der Waals surface area (Å²) in [6.07, 6.45) is 1.26. The highest BCUT2D eigenvalue weighted by Crippen LogP contribution is 2.21. The molecule has 3 aromatic rings. The molecule has 2 amide bonds. The molecule has 3 rings (SSSR count). The minimum atomic E-state index is -1.11. The van der Waals surface area contributed by atoms with E-state index in [1.54, 1.807) is 54.7 Å². The van der Waals surface area contributed by atoms with Crippen LogP contribution in [0.15, 0.2) is 65.6 Å². The first-order valence-corrected chi connectivity index (χ1v) is 10.4. The van der Waals surface area contributed by atoms with Gasteiger partial charge in [-0.15, -0.1) is 11.3 Å². The minimum absolute atomic E-state index is 0.0735. The van der Waals surface area contributed by atoms with E-state index >= 15 is 0 Å². The van der Waals surface area contributed by atoms with Gasteiger partial charge in [0.05, 0.1) is 21.7 Å². The number of nitrogens with zero attached hydrogens (tertiary/aromatic N) is 1. The van der Waals surface area contributed by atoms with Gasteiger partial charge >= 0.3 is 5.97 Å². The van der Waals surface area contributed by atoms with Crippen LogP contribution in [-0.4, -0.2) is 40.0 Å². The summed E-state index contributed by atoms with van der Waals surface area (Å²) < 4.78 is 1.88. The van der Waals surface area contributed by atoms with E-state index in [1.807, 2.05) is 0 Å². The number of carboxylic acids is 1. The lowest BCUT2D eigenvalue weighted by Crippen LogP contribution is -2.44. The van der Waals surface area contributed by atoms with Crippen molar-refractivity contribution in [1.29, 1.82) is 0 Å². The molecule has 0 radical (unpaired) electrons. The summed E-state index contributed by atoms with van der Waals surface area (Å²) in [5, 5.41) is 14.3. The molecule has 3 N–H and O–H groups in total. The number of amides is 2. The molecule has 0 aliphatic carbocycles. The van der Waals surface area contributed by atoms with E-state index in [1.165, 1.54) is 10.6 Å². The Bertz CT molecular complexity index is 1160. The lowest BCUT2D eigenvalue weighted by atomic mass is 10.1. The van der Waals surface area contributed by atoms with Crippen molar-refractivity contribution < 1.29 is 19.5 Å². The van der Waals surface area contributed by atoms with Gasteiger partial charge in [-0.1, -0.05) is 17.7 Å². The van der Waals surface area contributed by atoms with Gasteiger partial charge in [-0.05, 0) is 42.5 Å². The van der Waals surface area contributed by atoms with Crippen LogP contribution in [0.3, 0.4) is 0 Å². The van der Waals surface area contributed by atoms with Crippen LogP contribution in [0, 0.1) is 0 Å². The van der Waals surface area contributed by atoms with Gasteiger partial charge < -0.3 is 15.7 Å². The summed E-state index contributed by atoms with van der Waals surface area (Å²) in [7, 11) is 0. The molecule has 1 atom stereocenters. The summed E-state index contributed by atoms with van der Waals surface area (Å²) >= 11 is 6.90. The molecule has 0 saturated heterocycles. The van der Waals surface area contributed by atoms with Crippen molar-refractivity contribution in [3.8, 4) is 5.69 Å². The van der Waals surface area contributed by atoms with Gasteiger partial charge in [-0.3, -0.25) is 23.7 Å². The molecular weight excluding hydrogens is 442 g/mol. The molecule has 8 nitrogen and oxygen atoms in total. The summed E-state index contributed by atoms with van der Waals surface area (Å²) in [6, 6.07) is 13.5. The quantitative estimate of drug-likeness (QED) is 0.478. The number of rotatable bonds is 8. The van der Waals surface area contributed by atoms with Crippen LogP contribution in [0.25, 0.3) is 5.69 Å². The molecule has 2 aromatic heterocycles. The average Bonchev–Trinajstić information content (AvgIpc) is 3.18. The Balaban J connectivity index is 1.63. The van der Waals surface area contributed by atoms with Crippen LogP contribution in [-0.2, 0) is 4.79 Å². The van der Waals surface area contributed by atoms with Crippen molar-refractivity contribution in [3.05, 3.63) is 85.9 Å². The van der Waals surface area contributed by atoms with E-state index < -0.39 is 23.8 Å². The number of nitrogens with one attached hydrogen (secondary N) is 2. The maximum Gasteiger partial charge on any atom is 0.305 e. The third kappa shape index (κ3) is 6.03. The van der Waals surface area contributed by atoms with Crippen molar-refractivity contribution in [2.24, 2.45) is 0 Å². The Morgan fingerprint density at radius 3 is 2.39 bits per heavy atom. The Hall–Kier alpha value is -3.43. The zero-order chi connectivity index (χ0) is 22.4. The first-order chi connectivity index (χ1) is 14.8. The molecule has 1 unspecified atom stereocenters. The van der Waals surface area contributed by atoms with Crippen molar-refractivity contribution in [1.82, 2.24) is 15.2 Å². The van der Waals surface area contributed by atoms with Crippen molar-refractivity contribution in [2.45, 2.75) is 12.5 Å². The lowest BCUT2D eigenvalue weighted by Gasteiger charge is -2.17. The number of carbonyl (C=O) groups excluding carboxylic acids is 2. The topological polar surface area (TPSA) is 118 Å². The second-order valence-electron chi connectivity index (χ2n) is 6.54. The Labute approximate surface area is 186 Å². The maximum absolute atomic E-state index is 12.5. The third-order valence-electron chi connectivity index (χ3n) is 4.29. The highest BCUT2D eigenvalue weighted by Gasteiger charge is 2.19. The number of aliphatic carboxylic acids is 1. The minimum Gasteiger partial charge on any atom is -0.481 e. The largest absolute Gasteiger partial charge is 0.481 e. The van der Waals surface area contributed by atoms with Gasteiger partial charge in [0.1, 0.15) is 0 Å². The van der Waals surface area contributed by atoms with Crippen molar-refractivity contribution >= 4 is 40.7 Å². The van der Waals surface area contributed by atoms with E-state index in [-0.39, 0.29) is 18.5 Å².